The monoisotopic (exact) mass is 307 g/mol. The zero-order valence-electron chi connectivity index (χ0n) is 13.3. The summed E-state index contributed by atoms with van der Waals surface area (Å²) < 4.78 is 10.1. The normalized spacial score (nSPS) is 10.6. The molecule has 0 N–H and O–H groups in total. The molecular weight excluding hydrogens is 290 g/mol. The van der Waals surface area contributed by atoms with E-state index in [-0.39, 0.29) is 0 Å². The molecular formula is C19H17NO3. The molecule has 116 valence electrons. The molecule has 0 atom stereocenters. The van der Waals surface area contributed by atoms with Crippen molar-refractivity contribution in [2.45, 2.75) is 6.92 Å². The van der Waals surface area contributed by atoms with Crippen LogP contribution in [-0.4, -0.2) is 25.2 Å². The van der Waals surface area contributed by atoms with Gasteiger partial charge in [0.05, 0.1) is 25.4 Å². The van der Waals surface area contributed by atoms with Gasteiger partial charge in [0.15, 0.2) is 0 Å². The molecule has 0 saturated carbocycles. The first kappa shape index (κ1) is 15.0. The molecule has 23 heavy (non-hydrogen) atoms. The maximum absolute atomic E-state index is 11.8. The molecule has 0 aliphatic rings. The molecule has 0 unspecified atom stereocenters. The highest BCUT2D eigenvalue weighted by Crippen LogP contribution is 2.30. The number of rotatable bonds is 3. The second-order valence-electron chi connectivity index (χ2n) is 5.25. The number of esters is 1. The van der Waals surface area contributed by atoms with Crippen molar-refractivity contribution >= 4 is 16.9 Å². The molecule has 3 aromatic rings. The maximum Gasteiger partial charge on any atom is 0.341 e. The number of aromatic nitrogens is 1. The van der Waals surface area contributed by atoms with Gasteiger partial charge in [-0.25, -0.2) is 9.78 Å². The molecule has 1 aromatic heterocycles. The fourth-order valence-corrected chi connectivity index (χ4v) is 2.63. The summed E-state index contributed by atoms with van der Waals surface area (Å²) in [6.07, 6.45) is 0. The molecule has 0 bridgehead atoms. The molecule has 1 heterocycles. The van der Waals surface area contributed by atoms with Crippen LogP contribution < -0.4 is 4.74 Å². The van der Waals surface area contributed by atoms with Crippen LogP contribution in [0.15, 0.2) is 48.5 Å². The Kier molecular flexibility index (Phi) is 3.98. The first-order valence-electron chi connectivity index (χ1n) is 7.27. The lowest BCUT2D eigenvalue weighted by molar-refractivity contribution is 0.0597. The molecule has 0 amide bonds. The van der Waals surface area contributed by atoms with Crippen LogP contribution in [0.2, 0.25) is 0 Å². The first-order chi connectivity index (χ1) is 11.1. The number of aryl methyl sites for hydroxylation is 1. The fourth-order valence-electron chi connectivity index (χ4n) is 2.63. The largest absolute Gasteiger partial charge is 0.496 e. The topological polar surface area (TPSA) is 48.4 Å². The van der Waals surface area contributed by atoms with E-state index >= 15 is 0 Å². The van der Waals surface area contributed by atoms with Crippen molar-refractivity contribution in [3.05, 3.63) is 59.7 Å². The average molecular weight is 307 g/mol. The number of para-hydroxylation sites is 1. The third-order valence-electron chi connectivity index (χ3n) is 3.79. The van der Waals surface area contributed by atoms with Crippen LogP contribution in [0.4, 0.5) is 0 Å². The van der Waals surface area contributed by atoms with Crippen LogP contribution in [0.1, 0.15) is 15.9 Å². The predicted molar refractivity (Wildman–Crippen MR) is 89.8 cm³/mol. The third kappa shape index (κ3) is 2.75. The second-order valence-corrected chi connectivity index (χ2v) is 5.25. The van der Waals surface area contributed by atoms with Gasteiger partial charge in [-0.3, -0.25) is 0 Å². The highest BCUT2D eigenvalue weighted by Gasteiger charge is 2.15. The van der Waals surface area contributed by atoms with Crippen LogP contribution in [0.5, 0.6) is 5.75 Å². The van der Waals surface area contributed by atoms with E-state index in [0.717, 1.165) is 27.7 Å². The molecule has 0 fully saturated rings. The summed E-state index contributed by atoms with van der Waals surface area (Å²) in [6, 6.07) is 15.5. The van der Waals surface area contributed by atoms with Gasteiger partial charge in [-0.1, -0.05) is 24.3 Å². The SMILES string of the molecule is COC(=O)c1ccc(-c2nc3ccccc3cc2C)cc1OC. The number of hydrogen-bond acceptors (Lipinski definition) is 4. The third-order valence-corrected chi connectivity index (χ3v) is 3.79. The van der Waals surface area contributed by atoms with Gasteiger partial charge in [-0.2, -0.15) is 0 Å². The summed E-state index contributed by atoms with van der Waals surface area (Å²) in [5, 5.41) is 1.10. The van der Waals surface area contributed by atoms with Crippen molar-refractivity contribution in [1.82, 2.24) is 4.98 Å². The number of fused-ring (bicyclic) bond motifs is 1. The Bertz CT molecular complexity index is 887. The number of carbonyl (C=O) groups excluding carboxylic acids is 1. The van der Waals surface area contributed by atoms with Crippen LogP contribution in [-0.2, 0) is 4.74 Å². The Labute approximate surface area is 134 Å². The Morgan fingerprint density at radius 2 is 1.83 bits per heavy atom. The van der Waals surface area contributed by atoms with Crippen molar-refractivity contribution in [3.8, 4) is 17.0 Å². The summed E-state index contributed by atoms with van der Waals surface area (Å²) in [5.41, 5.74) is 4.18. The minimum Gasteiger partial charge on any atom is -0.496 e. The number of benzene rings is 2. The van der Waals surface area contributed by atoms with Gasteiger partial charge >= 0.3 is 5.97 Å². The van der Waals surface area contributed by atoms with E-state index in [4.69, 9.17) is 14.5 Å². The minimum absolute atomic E-state index is 0.400. The van der Waals surface area contributed by atoms with E-state index in [1.165, 1.54) is 14.2 Å². The smallest absolute Gasteiger partial charge is 0.341 e. The van der Waals surface area contributed by atoms with Crippen LogP contribution >= 0.6 is 0 Å². The van der Waals surface area contributed by atoms with Crippen LogP contribution in [0.25, 0.3) is 22.2 Å². The van der Waals surface area contributed by atoms with Crippen LogP contribution in [0.3, 0.4) is 0 Å². The Morgan fingerprint density at radius 1 is 1.04 bits per heavy atom. The summed E-state index contributed by atoms with van der Waals surface area (Å²) in [6.45, 7) is 2.02. The average Bonchev–Trinajstić information content (AvgIpc) is 2.59. The highest BCUT2D eigenvalue weighted by atomic mass is 16.5. The maximum atomic E-state index is 11.8. The lowest BCUT2D eigenvalue weighted by Gasteiger charge is -2.11. The molecule has 0 aliphatic carbocycles. The molecule has 0 aliphatic heterocycles. The minimum atomic E-state index is -0.420. The number of ether oxygens (including phenoxy) is 2. The number of hydrogen-bond donors (Lipinski definition) is 0. The van der Waals surface area contributed by atoms with E-state index in [2.05, 4.69) is 6.07 Å². The summed E-state index contributed by atoms with van der Waals surface area (Å²) in [7, 11) is 2.89. The number of pyridine rings is 1. The number of nitrogens with zero attached hydrogens (tertiary/aromatic N) is 1. The van der Waals surface area contributed by atoms with Gasteiger partial charge in [0.25, 0.3) is 0 Å². The van der Waals surface area contributed by atoms with Crippen molar-refractivity contribution in [2.24, 2.45) is 0 Å². The Balaban J connectivity index is 2.15. The summed E-state index contributed by atoms with van der Waals surface area (Å²) in [5.74, 6) is 0.0558. The van der Waals surface area contributed by atoms with E-state index < -0.39 is 5.97 Å². The molecule has 0 radical (unpaired) electrons. The number of methoxy groups -OCH3 is 2. The zero-order valence-corrected chi connectivity index (χ0v) is 13.3. The zero-order chi connectivity index (χ0) is 16.4. The molecule has 0 spiro atoms. The molecule has 2 aromatic carbocycles. The standard InChI is InChI=1S/C19H17NO3/c1-12-10-13-6-4-5-7-16(13)20-18(12)14-8-9-15(19(21)23-3)17(11-14)22-2/h4-11H,1-3H3. The van der Waals surface area contributed by atoms with Gasteiger partial charge < -0.3 is 9.47 Å². The lowest BCUT2D eigenvalue weighted by Crippen LogP contribution is -2.04. The Morgan fingerprint density at radius 3 is 2.57 bits per heavy atom. The van der Waals surface area contributed by atoms with Crippen molar-refractivity contribution in [2.75, 3.05) is 14.2 Å². The second kappa shape index (κ2) is 6.08. The predicted octanol–water partition coefficient (Wildman–Crippen LogP) is 4.01. The van der Waals surface area contributed by atoms with Gasteiger partial charge in [0, 0.05) is 10.9 Å². The van der Waals surface area contributed by atoms with E-state index in [1.807, 2.05) is 43.3 Å². The summed E-state index contributed by atoms with van der Waals surface area (Å²) in [4.78, 5) is 16.5. The van der Waals surface area contributed by atoms with Gasteiger partial charge in [0.1, 0.15) is 11.3 Å². The van der Waals surface area contributed by atoms with E-state index in [0.29, 0.717) is 11.3 Å². The quantitative estimate of drug-likeness (QED) is 0.686. The van der Waals surface area contributed by atoms with Gasteiger partial charge in [-0.15, -0.1) is 0 Å². The molecule has 4 heteroatoms. The van der Waals surface area contributed by atoms with Crippen molar-refractivity contribution in [1.29, 1.82) is 0 Å². The van der Waals surface area contributed by atoms with Crippen molar-refractivity contribution < 1.29 is 14.3 Å². The van der Waals surface area contributed by atoms with Crippen molar-refractivity contribution in [3.63, 3.8) is 0 Å². The van der Waals surface area contributed by atoms with E-state index in [1.54, 1.807) is 6.07 Å². The lowest BCUT2D eigenvalue weighted by atomic mass is 10.0. The Hall–Kier alpha value is -2.88. The van der Waals surface area contributed by atoms with Gasteiger partial charge in [0.2, 0.25) is 0 Å². The highest BCUT2D eigenvalue weighted by molar-refractivity contribution is 5.93. The summed E-state index contributed by atoms with van der Waals surface area (Å²) >= 11 is 0. The molecule has 4 nitrogen and oxygen atoms in total. The van der Waals surface area contributed by atoms with Crippen LogP contribution in [0, 0.1) is 6.92 Å². The molecule has 0 saturated heterocycles. The van der Waals surface area contributed by atoms with E-state index in [9.17, 15) is 4.79 Å². The van der Waals surface area contributed by atoms with Gasteiger partial charge in [-0.05, 0) is 36.8 Å². The fraction of sp³-hybridized carbons (Fsp3) is 0.158. The number of carbonyl (C=O) groups is 1. The first-order valence-corrected chi connectivity index (χ1v) is 7.27. The molecule has 3 rings (SSSR count).